The lowest BCUT2D eigenvalue weighted by Gasteiger charge is -2.34. The third-order valence-corrected chi connectivity index (χ3v) is 5.93. The number of hydrogen-bond donors (Lipinski definition) is 1. The molecule has 6 heteroatoms. The minimum Gasteiger partial charge on any atom is -0.493 e. The van der Waals surface area contributed by atoms with Crippen molar-refractivity contribution in [3.05, 3.63) is 53.1 Å². The summed E-state index contributed by atoms with van der Waals surface area (Å²) in [6.45, 7) is 11.3. The zero-order chi connectivity index (χ0) is 22.4. The Bertz CT molecular complexity index is 890. The fourth-order valence-corrected chi connectivity index (χ4v) is 4.05. The molecule has 0 bridgehead atoms. The van der Waals surface area contributed by atoms with E-state index in [0.29, 0.717) is 12.5 Å². The van der Waals surface area contributed by atoms with Crippen molar-refractivity contribution in [3.8, 4) is 11.5 Å². The smallest absolute Gasteiger partial charge is 0.238 e. The Balaban J connectivity index is 1.52. The summed E-state index contributed by atoms with van der Waals surface area (Å²) in [5.41, 5.74) is 4.54. The van der Waals surface area contributed by atoms with E-state index in [2.05, 4.69) is 48.0 Å². The number of hydrogen-bond acceptors (Lipinski definition) is 5. The van der Waals surface area contributed by atoms with Crippen LogP contribution >= 0.6 is 0 Å². The summed E-state index contributed by atoms with van der Waals surface area (Å²) < 4.78 is 10.9. The van der Waals surface area contributed by atoms with Gasteiger partial charge in [-0.05, 0) is 47.7 Å². The van der Waals surface area contributed by atoms with Gasteiger partial charge in [0, 0.05) is 38.4 Å². The second-order valence-electron chi connectivity index (χ2n) is 8.48. The second-order valence-corrected chi connectivity index (χ2v) is 8.48. The van der Waals surface area contributed by atoms with Gasteiger partial charge in [-0.3, -0.25) is 14.6 Å². The lowest BCUT2D eigenvalue weighted by Crippen LogP contribution is -2.48. The fraction of sp³-hybridized carbons (Fsp3) is 0.480. The van der Waals surface area contributed by atoms with Crippen LogP contribution in [0.1, 0.15) is 36.5 Å². The second kappa shape index (κ2) is 10.6. The molecule has 1 N–H and O–H groups in total. The molecule has 31 heavy (non-hydrogen) atoms. The molecule has 3 rings (SSSR count). The third kappa shape index (κ3) is 5.99. The number of carbonyl (C=O) groups is 1. The molecule has 1 amide bonds. The molecule has 1 heterocycles. The number of methoxy groups -OCH3 is 2. The predicted molar refractivity (Wildman–Crippen MR) is 125 cm³/mol. The van der Waals surface area contributed by atoms with Gasteiger partial charge >= 0.3 is 0 Å². The van der Waals surface area contributed by atoms with Gasteiger partial charge in [-0.1, -0.05) is 32.0 Å². The van der Waals surface area contributed by atoms with Gasteiger partial charge in [-0.2, -0.15) is 0 Å². The van der Waals surface area contributed by atoms with Crippen LogP contribution in [0.4, 0.5) is 5.69 Å². The van der Waals surface area contributed by atoms with Gasteiger partial charge in [-0.15, -0.1) is 0 Å². The van der Waals surface area contributed by atoms with E-state index in [1.54, 1.807) is 14.2 Å². The van der Waals surface area contributed by atoms with Crippen molar-refractivity contribution < 1.29 is 14.3 Å². The molecule has 0 aromatic heterocycles. The van der Waals surface area contributed by atoms with Crippen LogP contribution < -0.4 is 14.8 Å². The Morgan fingerprint density at radius 2 is 1.61 bits per heavy atom. The third-order valence-electron chi connectivity index (χ3n) is 5.93. The highest BCUT2D eigenvalue weighted by atomic mass is 16.5. The maximum atomic E-state index is 12.6. The molecule has 0 aliphatic carbocycles. The van der Waals surface area contributed by atoms with Crippen LogP contribution in [0.3, 0.4) is 0 Å². The molecule has 2 aromatic carbocycles. The fourth-order valence-electron chi connectivity index (χ4n) is 4.05. The molecule has 1 aliphatic heterocycles. The van der Waals surface area contributed by atoms with Crippen molar-refractivity contribution in [1.82, 2.24) is 9.80 Å². The van der Waals surface area contributed by atoms with Crippen LogP contribution in [0.2, 0.25) is 0 Å². The molecule has 0 unspecified atom stereocenters. The Labute approximate surface area is 186 Å². The first-order valence-electron chi connectivity index (χ1n) is 11.0. The van der Waals surface area contributed by atoms with Gasteiger partial charge in [0.15, 0.2) is 11.5 Å². The van der Waals surface area contributed by atoms with Gasteiger partial charge in [0.25, 0.3) is 0 Å². The van der Waals surface area contributed by atoms with Crippen LogP contribution in [0.5, 0.6) is 11.5 Å². The zero-order valence-electron chi connectivity index (χ0n) is 19.4. The highest BCUT2D eigenvalue weighted by Crippen LogP contribution is 2.31. The molecule has 0 saturated carbocycles. The lowest BCUT2D eigenvalue weighted by molar-refractivity contribution is -0.117. The van der Waals surface area contributed by atoms with Crippen LogP contribution in [0.15, 0.2) is 36.4 Å². The Morgan fingerprint density at radius 1 is 1.00 bits per heavy atom. The number of benzene rings is 2. The average Bonchev–Trinajstić information content (AvgIpc) is 2.76. The number of para-hydroxylation sites is 1. The van der Waals surface area contributed by atoms with Crippen molar-refractivity contribution in [3.63, 3.8) is 0 Å². The average molecular weight is 426 g/mol. The maximum absolute atomic E-state index is 12.6. The summed E-state index contributed by atoms with van der Waals surface area (Å²) in [6, 6.07) is 12.1. The molecular formula is C25H35N3O3. The van der Waals surface area contributed by atoms with Gasteiger partial charge in [0.2, 0.25) is 5.91 Å². The quantitative estimate of drug-likeness (QED) is 0.695. The highest BCUT2D eigenvalue weighted by molar-refractivity contribution is 5.93. The number of piperazine rings is 1. The molecule has 1 fully saturated rings. The Morgan fingerprint density at radius 3 is 2.26 bits per heavy atom. The first kappa shape index (κ1) is 23.1. The van der Waals surface area contributed by atoms with Gasteiger partial charge in [0.1, 0.15) is 0 Å². The normalized spacial score (nSPS) is 15.2. The molecular weight excluding hydrogens is 390 g/mol. The summed E-state index contributed by atoms with van der Waals surface area (Å²) in [7, 11) is 3.33. The van der Waals surface area contributed by atoms with E-state index in [4.69, 9.17) is 9.47 Å². The standard InChI is InChI=1S/C25H35N3O3/c1-18(2)21-8-6-7-9-22(21)26-25(29)17-28-12-10-27(11-13-28)16-20-15-24(31-5)23(30-4)14-19(20)3/h6-9,14-15,18H,10-13,16-17H2,1-5H3,(H,26,29). The van der Waals surface area contributed by atoms with Crippen LogP contribution in [0, 0.1) is 6.92 Å². The molecule has 6 nitrogen and oxygen atoms in total. The summed E-state index contributed by atoms with van der Waals surface area (Å²) in [6.07, 6.45) is 0. The van der Waals surface area contributed by atoms with Crippen molar-refractivity contribution in [1.29, 1.82) is 0 Å². The number of nitrogens with zero attached hydrogens (tertiary/aromatic N) is 2. The van der Waals surface area contributed by atoms with E-state index in [-0.39, 0.29) is 5.91 Å². The van der Waals surface area contributed by atoms with Crippen molar-refractivity contribution in [2.75, 3.05) is 52.3 Å². The zero-order valence-corrected chi connectivity index (χ0v) is 19.4. The van der Waals surface area contributed by atoms with Crippen molar-refractivity contribution >= 4 is 11.6 Å². The molecule has 1 saturated heterocycles. The Hall–Kier alpha value is -2.57. The molecule has 0 spiro atoms. The van der Waals surface area contributed by atoms with E-state index in [1.165, 1.54) is 16.7 Å². The monoisotopic (exact) mass is 425 g/mol. The van der Waals surface area contributed by atoms with Crippen molar-refractivity contribution in [2.45, 2.75) is 33.2 Å². The first-order valence-corrected chi connectivity index (χ1v) is 11.0. The van der Waals surface area contributed by atoms with Crippen LogP contribution in [0.25, 0.3) is 0 Å². The molecule has 1 aliphatic rings. The molecule has 0 radical (unpaired) electrons. The summed E-state index contributed by atoms with van der Waals surface area (Å²) >= 11 is 0. The number of amides is 1. The number of carbonyl (C=O) groups excluding carboxylic acids is 1. The number of rotatable bonds is 8. The van der Waals surface area contributed by atoms with Crippen LogP contribution in [-0.4, -0.2) is 62.7 Å². The SMILES string of the molecule is COc1cc(C)c(CN2CCN(CC(=O)Nc3ccccc3C(C)C)CC2)cc1OC. The van der Waals surface area contributed by atoms with Crippen molar-refractivity contribution in [2.24, 2.45) is 0 Å². The predicted octanol–water partition coefficient (Wildman–Crippen LogP) is 3.89. The topological polar surface area (TPSA) is 54.0 Å². The lowest BCUT2D eigenvalue weighted by atomic mass is 10.0. The number of nitrogens with one attached hydrogen (secondary N) is 1. The molecule has 0 atom stereocenters. The number of anilines is 1. The van der Waals surface area contributed by atoms with Gasteiger partial charge in [-0.25, -0.2) is 0 Å². The van der Waals surface area contributed by atoms with Gasteiger partial charge in [0.05, 0.1) is 20.8 Å². The van der Waals surface area contributed by atoms with E-state index in [1.807, 2.05) is 24.3 Å². The Kier molecular flexibility index (Phi) is 7.93. The summed E-state index contributed by atoms with van der Waals surface area (Å²) in [5.74, 6) is 1.95. The minimum atomic E-state index is 0.0530. The molecule has 168 valence electrons. The van der Waals surface area contributed by atoms with Gasteiger partial charge < -0.3 is 14.8 Å². The summed E-state index contributed by atoms with van der Waals surface area (Å²) in [4.78, 5) is 17.3. The van der Waals surface area contributed by atoms with Crippen LogP contribution in [-0.2, 0) is 11.3 Å². The van der Waals surface area contributed by atoms with E-state index >= 15 is 0 Å². The minimum absolute atomic E-state index is 0.0530. The summed E-state index contributed by atoms with van der Waals surface area (Å²) in [5, 5.41) is 3.10. The first-order chi connectivity index (χ1) is 14.9. The van der Waals surface area contributed by atoms with E-state index in [0.717, 1.165) is 49.9 Å². The molecule has 2 aromatic rings. The number of ether oxygens (including phenoxy) is 2. The highest BCUT2D eigenvalue weighted by Gasteiger charge is 2.21. The van der Waals surface area contributed by atoms with E-state index in [9.17, 15) is 4.79 Å². The largest absolute Gasteiger partial charge is 0.493 e. The van der Waals surface area contributed by atoms with E-state index < -0.39 is 0 Å². The number of aryl methyl sites for hydroxylation is 1. The maximum Gasteiger partial charge on any atom is 0.238 e.